The summed E-state index contributed by atoms with van der Waals surface area (Å²) in [4.78, 5) is 42.7. The molecule has 1 aliphatic carbocycles. The lowest BCUT2D eigenvalue weighted by Crippen LogP contribution is -2.38. The van der Waals surface area contributed by atoms with Crippen LogP contribution in [0.3, 0.4) is 0 Å². The molecule has 38 heavy (non-hydrogen) atoms. The minimum Gasteiger partial charge on any atom is -0.465 e. The number of non-ortho nitro benzene ring substituents is 1. The fourth-order valence-corrected chi connectivity index (χ4v) is 5.49. The van der Waals surface area contributed by atoms with Crippen LogP contribution in [0.4, 0.5) is 5.69 Å². The van der Waals surface area contributed by atoms with Crippen molar-refractivity contribution in [3.63, 3.8) is 0 Å². The van der Waals surface area contributed by atoms with Crippen molar-refractivity contribution in [2.24, 2.45) is 10.9 Å². The van der Waals surface area contributed by atoms with Crippen LogP contribution in [0.15, 0.2) is 101 Å². The zero-order chi connectivity index (χ0) is 26.6. The average Bonchev–Trinajstić information content (AvgIpc) is 2.93. The summed E-state index contributed by atoms with van der Waals surface area (Å²) in [5.41, 5.74) is 4.53. The van der Waals surface area contributed by atoms with Crippen LogP contribution in [-0.2, 0) is 20.7 Å². The molecule has 3 atom stereocenters. The SMILES string of the molecule is CC1=NC2=C(C(=O)C[C@@H](c3ccccc3)C2)[C@H](c2ccc([N+](=O)[O-])cc2)C1C(=O)OCCc1ccccc1. The van der Waals surface area contributed by atoms with Gasteiger partial charge in [-0.1, -0.05) is 72.8 Å². The molecule has 7 heteroatoms. The smallest absolute Gasteiger partial charge is 0.315 e. The van der Waals surface area contributed by atoms with E-state index < -0.39 is 22.7 Å². The standard InChI is InChI=1S/C31H28N2O5/c1-20-28(31(35)38-17-16-21-8-4-2-5-9-21)29(23-12-14-25(15-13-23)33(36)37)30-26(32-20)18-24(19-27(30)34)22-10-6-3-7-11-22/h2-15,24,28-29H,16-19H2,1H3/t24-,28?,29+/m0/s1. The molecular formula is C31H28N2O5. The van der Waals surface area contributed by atoms with Gasteiger partial charge in [0.25, 0.3) is 5.69 Å². The first kappa shape index (κ1) is 25.3. The summed E-state index contributed by atoms with van der Waals surface area (Å²) in [5.74, 6) is -1.90. The normalized spacial score (nSPS) is 20.9. The van der Waals surface area contributed by atoms with E-state index in [1.54, 1.807) is 19.1 Å². The number of ether oxygens (including phenoxy) is 1. The topological polar surface area (TPSA) is 98.9 Å². The van der Waals surface area contributed by atoms with Gasteiger partial charge in [-0.25, -0.2) is 0 Å². The summed E-state index contributed by atoms with van der Waals surface area (Å²) in [6, 6.07) is 25.7. The van der Waals surface area contributed by atoms with Crippen molar-refractivity contribution >= 4 is 23.2 Å². The van der Waals surface area contributed by atoms with Crippen molar-refractivity contribution < 1.29 is 19.2 Å². The molecule has 5 rings (SSSR count). The van der Waals surface area contributed by atoms with E-state index in [4.69, 9.17) is 9.73 Å². The number of benzene rings is 3. The van der Waals surface area contributed by atoms with E-state index in [1.807, 2.05) is 60.7 Å². The molecule has 1 heterocycles. The van der Waals surface area contributed by atoms with Gasteiger partial charge in [-0.2, -0.15) is 0 Å². The van der Waals surface area contributed by atoms with Crippen LogP contribution in [0.2, 0.25) is 0 Å². The van der Waals surface area contributed by atoms with Crippen molar-refractivity contribution in [1.82, 2.24) is 0 Å². The van der Waals surface area contributed by atoms with Gasteiger partial charge >= 0.3 is 5.97 Å². The molecule has 0 saturated heterocycles. The van der Waals surface area contributed by atoms with Crippen LogP contribution in [0, 0.1) is 16.0 Å². The van der Waals surface area contributed by atoms with Gasteiger partial charge in [-0.15, -0.1) is 0 Å². The van der Waals surface area contributed by atoms with Gasteiger partial charge in [-0.05, 0) is 36.0 Å². The Morgan fingerprint density at radius 2 is 1.61 bits per heavy atom. The fourth-order valence-electron chi connectivity index (χ4n) is 5.49. The molecule has 3 aromatic carbocycles. The molecule has 0 radical (unpaired) electrons. The third-order valence-corrected chi connectivity index (χ3v) is 7.35. The molecular weight excluding hydrogens is 480 g/mol. The number of hydrogen-bond acceptors (Lipinski definition) is 6. The molecule has 0 spiro atoms. The van der Waals surface area contributed by atoms with Crippen LogP contribution in [0.1, 0.15) is 48.3 Å². The minimum atomic E-state index is -0.789. The summed E-state index contributed by atoms with van der Waals surface area (Å²) in [6.07, 6.45) is 1.47. The third-order valence-electron chi connectivity index (χ3n) is 7.35. The van der Waals surface area contributed by atoms with E-state index in [-0.39, 0.29) is 24.0 Å². The molecule has 1 aliphatic heterocycles. The Labute approximate surface area is 221 Å². The van der Waals surface area contributed by atoms with Crippen LogP contribution >= 0.6 is 0 Å². The Morgan fingerprint density at radius 1 is 0.947 bits per heavy atom. The molecule has 0 bridgehead atoms. The predicted octanol–water partition coefficient (Wildman–Crippen LogP) is 5.96. The first-order chi connectivity index (χ1) is 18.4. The number of Topliss-reactive ketones (excluding diaryl/α,β-unsaturated/α-hetero) is 1. The van der Waals surface area contributed by atoms with Gasteiger partial charge < -0.3 is 4.74 Å². The number of rotatable bonds is 7. The van der Waals surface area contributed by atoms with Crippen molar-refractivity contribution in [2.45, 2.75) is 38.0 Å². The van der Waals surface area contributed by atoms with E-state index >= 15 is 0 Å². The van der Waals surface area contributed by atoms with E-state index in [9.17, 15) is 19.7 Å². The number of esters is 1. The fraction of sp³-hybridized carbons (Fsp3) is 0.258. The maximum Gasteiger partial charge on any atom is 0.315 e. The second-order valence-corrected chi connectivity index (χ2v) is 9.76. The number of aliphatic imine (C=N–C) groups is 1. The van der Waals surface area contributed by atoms with E-state index in [2.05, 4.69) is 0 Å². The van der Waals surface area contributed by atoms with Crippen molar-refractivity contribution in [1.29, 1.82) is 0 Å². The van der Waals surface area contributed by atoms with Gasteiger partial charge in [-0.3, -0.25) is 24.7 Å². The van der Waals surface area contributed by atoms with Gasteiger partial charge in [0, 0.05) is 47.9 Å². The van der Waals surface area contributed by atoms with Gasteiger partial charge in [0.05, 0.1) is 11.5 Å². The highest BCUT2D eigenvalue weighted by atomic mass is 16.6. The number of nitro groups is 1. The maximum absolute atomic E-state index is 13.7. The lowest BCUT2D eigenvalue weighted by atomic mass is 9.69. The Morgan fingerprint density at radius 3 is 2.26 bits per heavy atom. The summed E-state index contributed by atoms with van der Waals surface area (Å²) < 4.78 is 5.71. The van der Waals surface area contributed by atoms with E-state index in [0.717, 1.165) is 11.1 Å². The van der Waals surface area contributed by atoms with Crippen LogP contribution in [0.5, 0.6) is 0 Å². The summed E-state index contributed by atoms with van der Waals surface area (Å²) in [6.45, 7) is 2.00. The molecule has 1 unspecified atom stereocenters. The molecule has 192 valence electrons. The highest BCUT2D eigenvalue weighted by Gasteiger charge is 2.44. The summed E-state index contributed by atoms with van der Waals surface area (Å²) >= 11 is 0. The lowest BCUT2D eigenvalue weighted by Gasteiger charge is -2.36. The molecule has 0 saturated carbocycles. The predicted molar refractivity (Wildman–Crippen MR) is 144 cm³/mol. The number of carbonyl (C=O) groups is 2. The number of hydrogen-bond donors (Lipinski definition) is 0. The van der Waals surface area contributed by atoms with Crippen molar-refractivity contribution in [3.05, 3.63) is 123 Å². The number of ketones is 1. The molecule has 0 aromatic heterocycles. The summed E-state index contributed by atoms with van der Waals surface area (Å²) in [7, 11) is 0. The van der Waals surface area contributed by atoms with Crippen molar-refractivity contribution in [3.8, 4) is 0 Å². The van der Waals surface area contributed by atoms with Gasteiger partial charge in [0.1, 0.15) is 5.92 Å². The average molecular weight is 509 g/mol. The number of carbonyl (C=O) groups excluding carboxylic acids is 2. The highest BCUT2D eigenvalue weighted by molar-refractivity contribution is 6.09. The Hall–Kier alpha value is -4.39. The molecule has 2 aliphatic rings. The first-order valence-corrected chi connectivity index (χ1v) is 12.7. The van der Waals surface area contributed by atoms with Crippen LogP contribution in [0.25, 0.3) is 0 Å². The Kier molecular flexibility index (Phi) is 7.26. The molecule has 0 N–H and O–H groups in total. The largest absolute Gasteiger partial charge is 0.465 e. The third kappa shape index (κ3) is 5.18. The second kappa shape index (κ2) is 10.9. The van der Waals surface area contributed by atoms with Gasteiger partial charge in [0.15, 0.2) is 5.78 Å². The monoisotopic (exact) mass is 508 g/mol. The minimum absolute atomic E-state index is 0.00545. The molecule has 0 fully saturated rings. The maximum atomic E-state index is 13.7. The van der Waals surface area contributed by atoms with E-state index in [1.165, 1.54) is 12.1 Å². The number of nitro benzene ring substituents is 1. The van der Waals surface area contributed by atoms with Gasteiger partial charge in [0.2, 0.25) is 0 Å². The Balaban J connectivity index is 1.47. The lowest BCUT2D eigenvalue weighted by molar-refractivity contribution is -0.384. The zero-order valence-corrected chi connectivity index (χ0v) is 21.1. The number of allylic oxidation sites excluding steroid dienone is 2. The highest BCUT2D eigenvalue weighted by Crippen LogP contribution is 2.47. The molecule has 3 aromatic rings. The number of nitrogens with zero attached hydrogens (tertiary/aromatic N) is 2. The van der Waals surface area contributed by atoms with Crippen molar-refractivity contribution in [2.75, 3.05) is 6.61 Å². The Bertz CT molecular complexity index is 1410. The second-order valence-electron chi connectivity index (χ2n) is 9.76. The molecule has 7 nitrogen and oxygen atoms in total. The van der Waals surface area contributed by atoms with Crippen LogP contribution in [-0.4, -0.2) is 29.0 Å². The van der Waals surface area contributed by atoms with Crippen LogP contribution < -0.4 is 0 Å². The zero-order valence-electron chi connectivity index (χ0n) is 21.1. The van der Waals surface area contributed by atoms with E-state index in [0.29, 0.717) is 41.8 Å². The summed E-state index contributed by atoms with van der Waals surface area (Å²) in [5, 5.41) is 11.2. The molecule has 0 amide bonds. The first-order valence-electron chi connectivity index (χ1n) is 12.7. The quantitative estimate of drug-likeness (QED) is 0.223.